The van der Waals surface area contributed by atoms with Crippen LogP contribution in [0, 0.1) is 0 Å². The van der Waals surface area contributed by atoms with Crippen LogP contribution in [0.1, 0.15) is 26.2 Å². The van der Waals surface area contributed by atoms with Crippen molar-refractivity contribution in [1.29, 1.82) is 0 Å². The molecule has 0 saturated carbocycles. The molecule has 2 N–H and O–H groups in total. The molecule has 0 aliphatic carbocycles. The number of alkyl halides is 1. The first-order chi connectivity index (χ1) is 5.74. The van der Waals surface area contributed by atoms with Gasteiger partial charge >= 0.3 is 0 Å². The molecule has 0 amide bonds. The summed E-state index contributed by atoms with van der Waals surface area (Å²) in [5.41, 5.74) is 5.57. The van der Waals surface area contributed by atoms with Crippen LogP contribution in [0.5, 0.6) is 0 Å². The lowest BCUT2D eigenvalue weighted by Gasteiger charge is -2.32. The summed E-state index contributed by atoms with van der Waals surface area (Å²) in [5.74, 6) is 0. The number of piperidine rings is 1. The largest absolute Gasteiger partial charge is 0.325 e. The van der Waals surface area contributed by atoms with Gasteiger partial charge in [-0.1, -0.05) is 13.3 Å². The van der Waals surface area contributed by atoms with Crippen molar-refractivity contribution in [2.24, 2.45) is 5.73 Å². The molecule has 72 valence electrons. The second-order valence-electron chi connectivity index (χ2n) is 3.62. The number of likely N-dealkylation sites (tertiary alicyclic amines) is 1. The standard InChI is InChI=1S/C9H19FN2/c1-2-3-5-12-6-4-9(11)8(10)7-12/h8-9H,2-7,11H2,1H3/t8-,9-/m1/s1. The van der Waals surface area contributed by atoms with Crippen LogP contribution in [0.2, 0.25) is 0 Å². The molecule has 0 aromatic heterocycles. The Morgan fingerprint density at radius 1 is 1.58 bits per heavy atom. The van der Waals surface area contributed by atoms with E-state index in [1.807, 2.05) is 0 Å². The fraction of sp³-hybridized carbons (Fsp3) is 1.00. The average Bonchev–Trinajstić information content (AvgIpc) is 2.07. The molecule has 0 aromatic carbocycles. The number of hydrogen-bond donors (Lipinski definition) is 1. The Morgan fingerprint density at radius 2 is 2.33 bits per heavy atom. The summed E-state index contributed by atoms with van der Waals surface area (Å²) in [6, 6.07) is -0.220. The summed E-state index contributed by atoms with van der Waals surface area (Å²) in [6.45, 7) is 4.70. The minimum atomic E-state index is -0.810. The van der Waals surface area contributed by atoms with Gasteiger partial charge in [-0.3, -0.25) is 0 Å². The molecule has 1 aliphatic rings. The normalized spacial score (nSPS) is 32.2. The molecule has 2 atom stereocenters. The third-order valence-electron chi connectivity index (χ3n) is 2.50. The number of rotatable bonds is 3. The van der Waals surface area contributed by atoms with Crippen molar-refractivity contribution >= 4 is 0 Å². The minimum Gasteiger partial charge on any atom is -0.325 e. The van der Waals surface area contributed by atoms with Gasteiger partial charge in [0.2, 0.25) is 0 Å². The van der Waals surface area contributed by atoms with Crippen molar-refractivity contribution < 1.29 is 4.39 Å². The summed E-state index contributed by atoms with van der Waals surface area (Å²) >= 11 is 0. The zero-order valence-corrected chi connectivity index (χ0v) is 7.80. The van der Waals surface area contributed by atoms with Crippen LogP contribution in [-0.4, -0.2) is 36.7 Å². The van der Waals surface area contributed by atoms with Crippen LogP contribution in [0.3, 0.4) is 0 Å². The van der Waals surface area contributed by atoms with Gasteiger partial charge in [0.15, 0.2) is 0 Å². The van der Waals surface area contributed by atoms with Crippen LogP contribution < -0.4 is 5.73 Å². The predicted octanol–water partition coefficient (Wildman–Crippen LogP) is 1.16. The van der Waals surface area contributed by atoms with Crippen molar-refractivity contribution in [3.63, 3.8) is 0 Å². The number of nitrogens with two attached hydrogens (primary N) is 1. The zero-order chi connectivity index (χ0) is 8.97. The number of halogens is 1. The Morgan fingerprint density at radius 3 is 2.92 bits per heavy atom. The zero-order valence-electron chi connectivity index (χ0n) is 7.80. The SMILES string of the molecule is CCCCN1CC[C@@H](N)[C@H](F)C1. The minimum absolute atomic E-state index is 0.220. The lowest BCUT2D eigenvalue weighted by molar-refractivity contribution is 0.118. The van der Waals surface area contributed by atoms with Crippen molar-refractivity contribution in [1.82, 2.24) is 4.90 Å². The summed E-state index contributed by atoms with van der Waals surface area (Å²) in [5, 5.41) is 0. The average molecular weight is 174 g/mol. The summed E-state index contributed by atoms with van der Waals surface area (Å²) in [6.07, 6.45) is 2.35. The first kappa shape index (κ1) is 9.93. The van der Waals surface area contributed by atoms with Crippen molar-refractivity contribution in [2.75, 3.05) is 19.6 Å². The number of unbranched alkanes of at least 4 members (excludes halogenated alkanes) is 1. The smallest absolute Gasteiger partial charge is 0.128 e. The number of nitrogens with zero attached hydrogens (tertiary/aromatic N) is 1. The molecule has 0 unspecified atom stereocenters. The topological polar surface area (TPSA) is 29.3 Å². The first-order valence-corrected chi connectivity index (χ1v) is 4.86. The van der Waals surface area contributed by atoms with Crippen LogP contribution >= 0.6 is 0 Å². The lowest BCUT2D eigenvalue weighted by atomic mass is 10.0. The molecule has 1 aliphatic heterocycles. The Kier molecular flexibility index (Phi) is 3.95. The monoisotopic (exact) mass is 174 g/mol. The lowest BCUT2D eigenvalue weighted by Crippen LogP contribution is -2.48. The fourth-order valence-electron chi connectivity index (χ4n) is 1.57. The van der Waals surface area contributed by atoms with Gasteiger partial charge in [-0.15, -0.1) is 0 Å². The van der Waals surface area contributed by atoms with E-state index in [2.05, 4.69) is 11.8 Å². The van der Waals surface area contributed by atoms with Gasteiger partial charge in [0, 0.05) is 12.6 Å². The summed E-state index contributed by atoms with van der Waals surface area (Å²) < 4.78 is 13.1. The molecule has 0 aromatic rings. The van der Waals surface area contributed by atoms with E-state index < -0.39 is 6.17 Å². The predicted molar refractivity (Wildman–Crippen MR) is 48.8 cm³/mol. The second-order valence-corrected chi connectivity index (χ2v) is 3.62. The van der Waals surface area contributed by atoms with E-state index in [9.17, 15) is 4.39 Å². The summed E-state index contributed by atoms with van der Waals surface area (Å²) in [4.78, 5) is 2.18. The highest BCUT2D eigenvalue weighted by molar-refractivity contribution is 4.82. The number of hydrogen-bond acceptors (Lipinski definition) is 2. The molecule has 0 spiro atoms. The Bertz CT molecular complexity index is 128. The highest BCUT2D eigenvalue weighted by atomic mass is 19.1. The maximum Gasteiger partial charge on any atom is 0.128 e. The molecular formula is C9H19FN2. The van der Waals surface area contributed by atoms with Crippen molar-refractivity contribution in [3.8, 4) is 0 Å². The van der Waals surface area contributed by atoms with Crippen molar-refractivity contribution in [3.05, 3.63) is 0 Å². The van der Waals surface area contributed by atoms with Crippen LogP contribution in [0.4, 0.5) is 4.39 Å². The van der Waals surface area contributed by atoms with Crippen LogP contribution in [-0.2, 0) is 0 Å². The maximum atomic E-state index is 13.1. The molecule has 1 fully saturated rings. The van der Waals surface area contributed by atoms with Gasteiger partial charge in [0.05, 0.1) is 0 Å². The van der Waals surface area contributed by atoms with Crippen LogP contribution in [0.25, 0.3) is 0 Å². The fourth-order valence-corrected chi connectivity index (χ4v) is 1.57. The Labute approximate surface area is 73.9 Å². The van der Waals surface area contributed by atoms with E-state index in [1.165, 1.54) is 12.8 Å². The molecule has 3 heteroatoms. The van der Waals surface area contributed by atoms with Gasteiger partial charge < -0.3 is 10.6 Å². The molecule has 0 radical (unpaired) electrons. The molecule has 2 nitrogen and oxygen atoms in total. The van der Waals surface area contributed by atoms with E-state index in [1.54, 1.807) is 0 Å². The molecule has 12 heavy (non-hydrogen) atoms. The summed E-state index contributed by atoms with van der Waals surface area (Å²) in [7, 11) is 0. The maximum absolute atomic E-state index is 13.1. The highest BCUT2D eigenvalue weighted by Crippen LogP contribution is 2.12. The first-order valence-electron chi connectivity index (χ1n) is 4.86. The van der Waals surface area contributed by atoms with E-state index >= 15 is 0 Å². The van der Waals surface area contributed by atoms with Gasteiger partial charge in [0.25, 0.3) is 0 Å². The quantitative estimate of drug-likeness (QED) is 0.695. The molecular weight excluding hydrogens is 155 g/mol. The Balaban J connectivity index is 2.21. The van der Waals surface area contributed by atoms with Gasteiger partial charge in [-0.05, 0) is 25.9 Å². The Hall–Kier alpha value is -0.150. The molecule has 1 heterocycles. The molecule has 1 saturated heterocycles. The van der Waals surface area contributed by atoms with Gasteiger partial charge in [0.1, 0.15) is 6.17 Å². The highest BCUT2D eigenvalue weighted by Gasteiger charge is 2.25. The molecule has 0 bridgehead atoms. The van der Waals surface area contributed by atoms with Crippen LogP contribution in [0.15, 0.2) is 0 Å². The molecule has 1 rings (SSSR count). The van der Waals surface area contributed by atoms with E-state index in [0.717, 1.165) is 19.5 Å². The third-order valence-corrected chi connectivity index (χ3v) is 2.50. The third kappa shape index (κ3) is 2.72. The van der Waals surface area contributed by atoms with Crippen molar-refractivity contribution in [2.45, 2.75) is 38.4 Å². The van der Waals surface area contributed by atoms with E-state index in [4.69, 9.17) is 5.73 Å². The van der Waals surface area contributed by atoms with E-state index in [-0.39, 0.29) is 6.04 Å². The second kappa shape index (κ2) is 4.77. The van der Waals surface area contributed by atoms with E-state index in [0.29, 0.717) is 6.54 Å². The van der Waals surface area contributed by atoms with Gasteiger partial charge in [-0.25, -0.2) is 4.39 Å². The van der Waals surface area contributed by atoms with Gasteiger partial charge in [-0.2, -0.15) is 0 Å².